The van der Waals surface area contributed by atoms with E-state index in [1.165, 1.54) is 14.2 Å². The van der Waals surface area contributed by atoms with Crippen LogP contribution in [0.25, 0.3) is 0 Å². The molecule has 0 saturated heterocycles. The van der Waals surface area contributed by atoms with Crippen molar-refractivity contribution in [3.05, 3.63) is 35.5 Å². The Bertz CT molecular complexity index is 638. The van der Waals surface area contributed by atoms with Gasteiger partial charge >= 0.3 is 5.97 Å². The molecular weight excluding hydrogens is 282 g/mol. The van der Waals surface area contributed by atoms with Crippen LogP contribution in [0.5, 0.6) is 5.88 Å². The van der Waals surface area contributed by atoms with E-state index >= 15 is 0 Å². The molecule has 1 aromatic rings. The molecule has 0 spiro atoms. The number of rotatable bonds is 3. The molecule has 0 aromatic carbocycles. The lowest BCUT2D eigenvalue weighted by Crippen LogP contribution is -2.50. The van der Waals surface area contributed by atoms with Gasteiger partial charge in [-0.1, -0.05) is 25.1 Å². The van der Waals surface area contributed by atoms with E-state index in [1.807, 2.05) is 6.92 Å². The van der Waals surface area contributed by atoms with Crippen LogP contribution in [-0.4, -0.2) is 31.0 Å². The molecule has 1 fully saturated rings. The van der Waals surface area contributed by atoms with E-state index in [1.54, 1.807) is 19.1 Å². The monoisotopic (exact) mass is 303 g/mol. The molecule has 0 amide bonds. The van der Waals surface area contributed by atoms with Gasteiger partial charge in [-0.25, -0.2) is 4.98 Å². The van der Waals surface area contributed by atoms with Gasteiger partial charge in [0.15, 0.2) is 11.2 Å². The summed E-state index contributed by atoms with van der Waals surface area (Å²) in [5.74, 6) is -0.527. The third kappa shape index (κ3) is 2.40. The van der Waals surface area contributed by atoms with Gasteiger partial charge in [-0.05, 0) is 25.3 Å². The van der Waals surface area contributed by atoms with Gasteiger partial charge in [0.1, 0.15) is 0 Å². The first-order chi connectivity index (χ1) is 10.4. The van der Waals surface area contributed by atoms with Crippen LogP contribution < -0.4 is 4.74 Å². The number of methoxy groups -OCH3 is 2. The summed E-state index contributed by atoms with van der Waals surface area (Å²) in [6.45, 7) is 7.57. The maximum Gasteiger partial charge on any atom is 0.324 e. The number of Topliss-reactive ketones (excluding diaryl/α,β-unsaturated/α-hetero) is 1. The van der Waals surface area contributed by atoms with Crippen LogP contribution in [0.1, 0.15) is 31.0 Å². The van der Waals surface area contributed by atoms with E-state index in [9.17, 15) is 9.59 Å². The molecule has 118 valence electrons. The maximum absolute atomic E-state index is 12.9. The molecule has 1 heterocycles. The van der Waals surface area contributed by atoms with Crippen LogP contribution in [-0.2, 0) is 19.7 Å². The van der Waals surface area contributed by atoms with Crippen molar-refractivity contribution in [3.8, 4) is 5.88 Å². The number of hydrogen-bond donors (Lipinski definition) is 0. The van der Waals surface area contributed by atoms with Gasteiger partial charge < -0.3 is 9.47 Å². The zero-order chi connectivity index (χ0) is 16.5. The average molecular weight is 303 g/mol. The Labute approximate surface area is 130 Å². The van der Waals surface area contributed by atoms with Crippen molar-refractivity contribution in [3.63, 3.8) is 0 Å². The minimum Gasteiger partial charge on any atom is -0.481 e. The molecule has 2 atom stereocenters. The number of hydrogen-bond acceptors (Lipinski definition) is 5. The molecule has 1 aromatic heterocycles. The van der Waals surface area contributed by atoms with Crippen molar-refractivity contribution >= 4 is 11.8 Å². The van der Waals surface area contributed by atoms with Gasteiger partial charge in [0.25, 0.3) is 0 Å². The number of ether oxygens (including phenoxy) is 2. The van der Waals surface area contributed by atoms with Crippen molar-refractivity contribution in [2.75, 3.05) is 14.2 Å². The predicted octanol–water partition coefficient (Wildman–Crippen LogP) is 2.36. The second-order valence-corrected chi connectivity index (χ2v) is 5.78. The van der Waals surface area contributed by atoms with Crippen LogP contribution in [0.4, 0.5) is 0 Å². The predicted molar refractivity (Wildman–Crippen MR) is 81.8 cm³/mol. The fraction of sp³-hybridized carbons (Fsp3) is 0.471. The fourth-order valence-electron chi connectivity index (χ4n) is 3.27. The van der Waals surface area contributed by atoms with E-state index in [2.05, 4.69) is 11.6 Å². The summed E-state index contributed by atoms with van der Waals surface area (Å²) in [7, 11) is 2.82. The summed E-state index contributed by atoms with van der Waals surface area (Å²) in [6, 6.07) is 3.38. The summed E-state index contributed by atoms with van der Waals surface area (Å²) in [4.78, 5) is 29.8. The highest BCUT2D eigenvalue weighted by molar-refractivity contribution is 6.11. The number of nitrogens with zero attached hydrogens (tertiary/aromatic N) is 1. The molecule has 1 aliphatic carbocycles. The largest absolute Gasteiger partial charge is 0.481 e. The Morgan fingerprint density at radius 3 is 2.64 bits per heavy atom. The van der Waals surface area contributed by atoms with Crippen molar-refractivity contribution in [2.24, 2.45) is 5.92 Å². The zero-order valence-corrected chi connectivity index (χ0v) is 13.4. The molecule has 0 aliphatic heterocycles. The zero-order valence-electron chi connectivity index (χ0n) is 13.4. The number of carbonyl (C=O) groups is 2. The highest BCUT2D eigenvalue weighted by Crippen LogP contribution is 2.43. The summed E-state index contributed by atoms with van der Waals surface area (Å²) in [5, 5.41) is 0. The lowest BCUT2D eigenvalue weighted by Gasteiger charge is -2.38. The molecule has 1 saturated carbocycles. The Balaban J connectivity index is 2.67. The topological polar surface area (TPSA) is 65.5 Å². The Morgan fingerprint density at radius 1 is 1.41 bits per heavy atom. The van der Waals surface area contributed by atoms with Crippen LogP contribution in [0.15, 0.2) is 24.3 Å². The fourth-order valence-corrected chi connectivity index (χ4v) is 3.27. The van der Waals surface area contributed by atoms with Crippen molar-refractivity contribution in [2.45, 2.75) is 32.1 Å². The minimum atomic E-state index is -1.35. The number of carbonyl (C=O) groups excluding carboxylic acids is 2. The second kappa shape index (κ2) is 5.91. The minimum absolute atomic E-state index is 0.137. The Kier molecular flexibility index (Phi) is 4.35. The van der Waals surface area contributed by atoms with E-state index in [-0.39, 0.29) is 18.1 Å². The Hall–Kier alpha value is -2.17. The smallest absolute Gasteiger partial charge is 0.324 e. The summed E-state index contributed by atoms with van der Waals surface area (Å²) < 4.78 is 10.1. The molecule has 1 aliphatic rings. The normalized spacial score (nSPS) is 25.0. The summed E-state index contributed by atoms with van der Waals surface area (Å²) in [5.41, 5.74) is 0.665. The number of ketones is 1. The van der Waals surface area contributed by atoms with Crippen molar-refractivity contribution in [1.82, 2.24) is 4.98 Å². The second-order valence-electron chi connectivity index (χ2n) is 5.78. The lowest BCUT2D eigenvalue weighted by molar-refractivity contribution is -0.154. The molecule has 5 nitrogen and oxygen atoms in total. The standard InChI is InChI=1S/C17H21NO4/c1-10-8-11(2)15(19)17(9-10,16(20)22-5)13-6-7-14(21-4)18-12(13)3/h6-7,11H,1,8-9H2,2-5H3/t11-,17+/m1/s1. The first-order valence-electron chi connectivity index (χ1n) is 7.18. The van der Waals surface area contributed by atoms with Gasteiger partial charge in [-0.15, -0.1) is 0 Å². The maximum atomic E-state index is 12.9. The van der Waals surface area contributed by atoms with E-state index in [4.69, 9.17) is 9.47 Å². The third-order valence-corrected chi connectivity index (χ3v) is 4.24. The molecular formula is C17H21NO4. The number of allylic oxidation sites excluding steroid dienone is 1. The summed E-state index contributed by atoms with van der Waals surface area (Å²) >= 11 is 0. The van der Waals surface area contributed by atoms with Crippen LogP contribution in [0.2, 0.25) is 0 Å². The SMILES string of the molecule is C=C1C[C@@H](C)C(=O)[C@@](C(=O)OC)(c2ccc(OC)nc2C)C1. The first kappa shape index (κ1) is 16.2. The molecule has 0 N–H and O–H groups in total. The van der Waals surface area contributed by atoms with Gasteiger partial charge in [-0.2, -0.15) is 0 Å². The van der Waals surface area contributed by atoms with E-state index < -0.39 is 11.4 Å². The quantitative estimate of drug-likeness (QED) is 0.487. The number of esters is 1. The Morgan fingerprint density at radius 2 is 2.09 bits per heavy atom. The van der Waals surface area contributed by atoms with Gasteiger partial charge in [0.2, 0.25) is 5.88 Å². The third-order valence-electron chi connectivity index (χ3n) is 4.24. The van der Waals surface area contributed by atoms with Gasteiger partial charge in [0.05, 0.1) is 14.2 Å². The molecule has 0 unspecified atom stereocenters. The highest BCUT2D eigenvalue weighted by atomic mass is 16.5. The van der Waals surface area contributed by atoms with Crippen LogP contribution in [0, 0.1) is 12.8 Å². The molecule has 0 bridgehead atoms. The molecule has 22 heavy (non-hydrogen) atoms. The van der Waals surface area contributed by atoms with Gasteiger partial charge in [-0.3, -0.25) is 9.59 Å². The number of aryl methyl sites for hydroxylation is 1. The highest BCUT2D eigenvalue weighted by Gasteiger charge is 2.53. The van der Waals surface area contributed by atoms with Crippen molar-refractivity contribution in [1.29, 1.82) is 0 Å². The lowest BCUT2D eigenvalue weighted by atomic mass is 9.63. The summed E-state index contributed by atoms with van der Waals surface area (Å²) in [6.07, 6.45) is 0.859. The van der Waals surface area contributed by atoms with Gasteiger partial charge in [0, 0.05) is 17.7 Å². The number of pyridine rings is 1. The first-order valence-corrected chi connectivity index (χ1v) is 7.18. The van der Waals surface area contributed by atoms with Crippen LogP contribution >= 0.6 is 0 Å². The molecule has 0 radical (unpaired) electrons. The van der Waals surface area contributed by atoms with Crippen molar-refractivity contribution < 1.29 is 19.1 Å². The van der Waals surface area contributed by atoms with E-state index in [0.717, 1.165) is 5.57 Å². The number of aromatic nitrogens is 1. The molecule has 2 rings (SSSR count). The van der Waals surface area contributed by atoms with Crippen LogP contribution in [0.3, 0.4) is 0 Å². The average Bonchev–Trinajstić information content (AvgIpc) is 2.50. The molecule has 5 heteroatoms. The van der Waals surface area contributed by atoms with E-state index in [0.29, 0.717) is 23.6 Å².